The number of aliphatic carboxylic acids is 3. The normalized spacial score (nSPS) is 15.3. The number of likely N-dealkylation sites (N-methyl/N-ethyl adjacent to an activating group) is 1. The molecule has 1 aromatic carbocycles. The number of phenols is 1. The van der Waals surface area contributed by atoms with E-state index in [0.29, 0.717) is 19.3 Å². The number of aliphatic hydroxyl groups is 2. The summed E-state index contributed by atoms with van der Waals surface area (Å²) in [5.74, 6) is -5.50. The molecular formula is C21H31NO9-2. The van der Waals surface area contributed by atoms with Crippen molar-refractivity contribution in [1.29, 1.82) is 0 Å². The van der Waals surface area contributed by atoms with Crippen LogP contribution in [0.2, 0.25) is 0 Å². The number of carbonyl (C=O) groups is 3. The molecule has 1 aromatic rings. The number of hydrogen-bond acceptors (Lipinski definition) is 9. The summed E-state index contributed by atoms with van der Waals surface area (Å²) in [5.41, 5.74) is -1.97. The van der Waals surface area contributed by atoms with Crippen molar-refractivity contribution in [2.45, 2.75) is 57.5 Å². The van der Waals surface area contributed by atoms with Crippen molar-refractivity contribution in [2.75, 3.05) is 19.6 Å². The molecule has 1 rings (SSSR count). The van der Waals surface area contributed by atoms with E-state index in [1.807, 2.05) is 0 Å². The van der Waals surface area contributed by atoms with Crippen LogP contribution in [0.25, 0.3) is 0 Å². The summed E-state index contributed by atoms with van der Waals surface area (Å²) in [6.07, 6.45) is -1.10. The Bertz CT molecular complexity index is 846. The molecule has 1 unspecified atom stereocenters. The van der Waals surface area contributed by atoms with Crippen LogP contribution < -0.4 is 10.2 Å². The lowest BCUT2D eigenvalue weighted by atomic mass is 9.96. The topological polar surface area (TPSA) is 181 Å². The maximum absolute atomic E-state index is 10.3. The van der Waals surface area contributed by atoms with E-state index in [4.69, 9.17) is 22.2 Å². The van der Waals surface area contributed by atoms with Crippen molar-refractivity contribution in [1.82, 2.24) is 4.90 Å². The van der Waals surface area contributed by atoms with Gasteiger partial charge < -0.3 is 45.1 Å². The van der Waals surface area contributed by atoms with Gasteiger partial charge in [0.1, 0.15) is 5.75 Å². The van der Waals surface area contributed by atoms with Gasteiger partial charge >= 0.3 is 5.97 Å². The second-order valence-electron chi connectivity index (χ2n) is 6.89. The third-order valence-corrected chi connectivity index (χ3v) is 4.22. The third-order valence-electron chi connectivity index (χ3n) is 4.22. The lowest BCUT2D eigenvalue weighted by Crippen LogP contribution is -2.48. The summed E-state index contributed by atoms with van der Waals surface area (Å²) >= 11 is 0. The highest BCUT2D eigenvalue weighted by Gasteiger charge is 2.36. The van der Waals surface area contributed by atoms with Crippen LogP contribution in [0.5, 0.6) is 5.75 Å². The number of rotatable bonds is 13. The van der Waals surface area contributed by atoms with Crippen LogP contribution in [0.3, 0.4) is 0 Å². The van der Waals surface area contributed by atoms with Crippen molar-refractivity contribution >= 4 is 17.9 Å². The minimum absolute atomic E-state index is 0.00302. The van der Waals surface area contributed by atoms with Crippen LogP contribution >= 0.6 is 0 Å². The molecule has 4 N–H and O–H groups in total. The first-order valence-electron chi connectivity index (χ1n) is 11.9. The summed E-state index contributed by atoms with van der Waals surface area (Å²) in [6, 6.07) is 6.24. The van der Waals surface area contributed by atoms with E-state index in [9.17, 15) is 29.7 Å². The first-order valence-corrected chi connectivity index (χ1v) is 9.38. The van der Waals surface area contributed by atoms with E-state index in [1.165, 1.54) is 4.90 Å². The van der Waals surface area contributed by atoms with Gasteiger partial charge in [0.15, 0.2) is 5.60 Å². The Morgan fingerprint density at radius 3 is 2.13 bits per heavy atom. The van der Waals surface area contributed by atoms with Crippen LogP contribution in [-0.2, 0) is 20.8 Å². The number of carboxylic acids is 3. The van der Waals surface area contributed by atoms with E-state index < -0.39 is 49.7 Å². The molecule has 0 spiro atoms. The third kappa shape index (κ3) is 11.9. The van der Waals surface area contributed by atoms with Crippen LogP contribution in [0.1, 0.15) is 51.9 Å². The number of carbonyl (C=O) groups excluding carboxylic acids is 2. The second-order valence-corrected chi connectivity index (χ2v) is 6.89. The number of benzene rings is 1. The molecule has 10 nitrogen and oxygen atoms in total. The van der Waals surface area contributed by atoms with Gasteiger partial charge in [-0.1, -0.05) is 19.0 Å². The highest BCUT2D eigenvalue weighted by Crippen LogP contribution is 2.15. The molecule has 0 amide bonds. The van der Waals surface area contributed by atoms with Gasteiger partial charge in [-0.05, 0) is 56.9 Å². The maximum Gasteiger partial charge on any atom is 0.336 e. The monoisotopic (exact) mass is 446 g/mol. The summed E-state index contributed by atoms with van der Waals surface area (Å²) in [7, 11) is 0. The molecule has 0 heterocycles. The van der Waals surface area contributed by atoms with Crippen molar-refractivity contribution in [3.63, 3.8) is 0 Å². The van der Waals surface area contributed by atoms with Gasteiger partial charge in [0, 0.05) is 44.3 Å². The largest absolute Gasteiger partial charge is 0.550 e. The number of phenolic OH excluding ortho intramolecular Hbond substituents is 1. The number of carboxylic acid groups (broad SMARTS) is 3. The van der Waals surface area contributed by atoms with E-state index in [-0.39, 0.29) is 24.9 Å². The van der Waals surface area contributed by atoms with E-state index >= 15 is 0 Å². The Morgan fingerprint density at radius 1 is 1.16 bits per heavy atom. The molecule has 0 aliphatic heterocycles. The molecule has 0 aliphatic rings. The smallest absolute Gasteiger partial charge is 0.336 e. The van der Waals surface area contributed by atoms with Crippen LogP contribution in [0, 0.1) is 0 Å². The molecule has 0 radical (unpaired) electrons. The summed E-state index contributed by atoms with van der Waals surface area (Å²) in [5, 5.41) is 55.4. The number of aromatic hydroxyl groups is 1. The molecule has 176 valence electrons. The SMILES string of the molecule is O=C([O-])CC(O)(CC(=O)[O-])C(=O)O.[2H]C([2H])([2H])C([2H])([2H])N(CCCCO)C(C)Cc1ccc(O)cc1. The standard InChI is InChI=1S/C15H25NO2.C6H8O7/c1-3-16(10-4-5-11-17)13(2)12-14-6-8-15(18)9-7-14;7-3(8)1-6(13,5(11)12)2-4(9)10/h6-9,13,17-18H,3-5,10-12H2,1-2H3;13H,1-2H2,(H,7,8)(H,9,10)(H,11,12)/p-2/i1D3,3D2;. The van der Waals surface area contributed by atoms with E-state index in [1.54, 1.807) is 31.2 Å². The van der Waals surface area contributed by atoms with Crippen LogP contribution in [0.4, 0.5) is 0 Å². The van der Waals surface area contributed by atoms with Gasteiger partial charge in [-0.2, -0.15) is 0 Å². The van der Waals surface area contributed by atoms with Crippen molar-refractivity contribution < 1.29 is 51.9 Å². The van der Waals surface area contributed by atoms with Gasteiger partial charge in [-0.25, -0.2) is 4.79 Å². The Balaban J connectivity index is 0.000000802. The summed E-state index contributed by atoms with van der Waals surface area (Å²) in [4.78, 5) is 31.5. The average Bonchev–Trinajstić information content (AvgIpc) is 2.71. The number of unbranched alkanes of at least 4 members (excludes halogenated alkanes) is 1. The molecule has 0 aliphatic carbocycles. The highest BCUT2D eigenvalue weighted by molar-refractivity contribution is 5.87. The van der Waals surface area contributed by atoms with E-state index in [0.717, 1.165) is 5.56 Å². The molecule has 0 saturated heterocycles. The van der Waals surface area contributed by atoms with Gasteiger partial charge in [-0.3, -0.25) is 0 Å². The van der Waals surface area contributed by atoms with Crippen molar-refractivity contribution in [3.8, 4) is 5.75 Å². The number of nitrogens with zero attached hydrogens (tertiary/aromatic N) is 1. The van der Waals surface area contributed by atoms with Crippen molar-refractivity contribution in [2.24, 2.45) is 0 Å². The summed E-state index contributed by atoms with van der Waals surface area (Å²) < 4.78 is 38.5. The average molecular weight is 447 g/mol. The first-order chi connectivity index (χ1) is 16.4. The minimum Gasteiger partial charge on any atom is -0.550 e. The van der Waals surface area contributed by atoms with Gasteiger partial charge in [-0.15, -0.1) is 0 Å². The Morgan fingerprint density at radius 2 is 1.71 bits per heavy atom. The van der Waals surface area contributed by atoms with Gasteiger partial charge in [0.2, 0.25) is 0 Å². The lowest BCUT2D eigenvalue weighted by Gasteiger charge is -2.28. The fourth-order valence-corrected chi connectivity index (χ4v) is 2.56. The predicted octanol–water partition coefficient (Wildman–Crippen LogP) is -1.50. The predicted molar refractivity (Wildman–Crippen MR) is 107 cm³/mol. The summed E-state index contributed by atoms with van der Waals surface area (Å²) in [6.45, 7) is -3.16. The molecule has 0 aromatic heterocycles. The number of aliphatic hydroxyl groups excluding tert-OH is 1. The fraction of sp³-hybridized carbons (Fsp3) is 0.571. The Labute approximate surface area is 188 Å². The van der Waals surface area contributed by atoms with Gasteiger partial charge in [0.25, 0.3) is 0 Å². The van der Waals surface area contributed by atoms with E-state index in [2.05, 4.69) is 0 Å². The second kappa shape index (κ2) is 14.3. The molecule has 0 bridgehead atoms. The highest BCUT2D eigenvalue weighted by atomic mass is 16.4. The van der Waals surface area contributed by atoms with Crippen LogP contribution in [-0.4, -0.2) is 74.5 Å². The zero-order valence-corrected chi connectivity index (χ0v) is 17.1. The zero-order valence-electron chi connectivity index (χ0n) is 22.1. The minimum atomic E-state index is -2.86. The first kappa shape index (κ1) is 20.2. The molecule has 10 heteroatoms. The lowest BCUT2D eigenvalue weighted by molar-refractivity contribution is -0.314. The van der Waals surface area contributed by atoms with Gasteiger partial charge in [0.05, 0.1) is 0 Å². The Hall–Kier alpha value is -2.69. The quantitative estimate of drug-likeness (QED) is 0.260. The molecule has 0 fully saturated rings. The fourth-order valence-electron chi connectivity index (χ4n) is 2.56. The maximum atomic E-state index is 10.3. The molecular weight excluding hydrogens is 410 g/mol. The molecule has 31 heavy (non-hydrogen) atoms. The number of hydrogen-bond donors (Lipinski definition) is 4. The zero-order chi connectivity index (χ0) is 28.3. The molecule has 1 atom stereocenters. The van der Waals surface area contributed by atoms with Crippen LogP contribution in [0.15, 0.2) is 24.3 Å². The Kier molecular flexibility index (Phi) is 9.36. The van der Waals surface area contributed by atoms with Crippen molar-refractivity contribution in [3.05, 3.63) is 29.8 Å². The molecule has 0 saturated carbocycles.